The first-order chi connectivity index (χ1) is 8.19. The van der Waals surface area contributed by atoms with E-state index in [0.29, 0.717) is 12.1 Å². The average Bonchev–Trinajstić information content (AvgIpc) is 2.33. The van der Waals surface area contributed by atoms with E-state index in [1.807, 2.05) is 0 Å². The maximum atomic E-state index is 13.5. The molecule has 0 bridgehead atoms. The van der Waals surface area contributed by atoms with Crippen molar-refractivity contribution in [1.82, 2.24) is 4.90 Å². The second-order valence-corrected chi connectivity index (χ2v) is 4.66. The Morgan fingerprint density at radius 3 is 2.88 bits per heavy atom. The Hall–Kier alpha value is -1.00. The van der Waals surface area contributed by atoms with Gasteiger partial charge in [-0.05, 0) is 31.4 Å². The van der Waals surface area contributed by atoms with E-state index in [0.717, 1.165) is 32.0 Å². The Bertz CT molecular complexity index is 384. The SMILES string of the molecule is OCC1CCCN(Cc2ccc(F)cc2F)C1. The summed E-state index contributed by atoms with van der Waals surface area (Å²) in [6.07, 6.45) is 2.05. The zero-order valence-corrected chi connectivity index (χ0v) is 9.70. The van der Waals surface area contributed by atoms with Gasteiger partial charge < -0.3 is 5.11 Å². The van der Waals surface area contributed by atoms with Crippen LogP contribution in [0.5, 0.6) is 0 Å². The molecule has 0 saturated carbocycles. The lowest BCUT2D eigenvalue weighted by molar-refractivity contribution is 0.115. The van der Waals surface area contributed by atoms with Crippen molar-refractivity contribution in [2.75, 3.05) is 19.7 Å². The van der Waals surface area contributed by atoms with Crippen LogP contribution in [0, 0.1) is 17.6 Å². The molecule has 2 rings (SSSR count). The minimum atomic E-state index is -0.543. The third-order valence-corrected chi connectivity index (χ3v) is 3.27. The van der Waals surface area contributed by atoms with E-state index in [-0.39, 0.29) is 12.5 Å². The van der Waals surface area contributed by atoms with Crippen LogP contribution in [0.2, 0.25) is 0 Å². The highest BCUT2D eigenvalue weighted by Gasteiger charge is 2.20. The lowest BCUT2D eigenvalue weighted by atomic mass is 9.98. The first kappa shape index (κ1) is 12.5. The summed E-state index contributed by atoms with van der Waals surface area (Å²) in [7, 11) is 0. The second-order valence-electron chi connectivity index (χ2n) is 4.66. The standard InChI is InChI=1S/C13H17F2NO/c14-12-4-3-11(13(15)6-12)8-16-5-1-2-10(7-16)9-17/h3-4,6,10,17H,1-2,5,7-9H2. The molecule has 1 N–H and O–H groups in total. The van der Waals surface area contributed by atoms with Crippen LogP contribution in [0.1, 0.15) is 18.4 Å². The number of benzene rings is 1. The molecule has 1 aliphatic rings. The van der Waals surface area contributed by atoms with E-state index < -0.39 is 11.6 Å². The summed E-state index contributed by atoms with van der Waals surface area (Å²) in [5.41, 5.74) is 0.519. The van der Waals surface area contributed by atoms with Crippen LogP contribution < -0.4 is 0 Å². The molecule has 0 radical (unpaired) electrons. The van der Waals surface area contributed by atoms with Gasteiger partial charge in [-0.2, -0.15) is 0 Å². The van der Waals surface area contributed by atoms with Crippen molar-refractivity contribution < 1.29 is 13.9 Å². The van der Waals surface area contributed by atoms with Gasteiger partial charge in [-0.1, -0.05) is 6.07 Å². The number of hydrogen-bond acceptors (Lipinski definition) is 2. The highest BCUT2D eigenvalue weighted by molar-refractivity contribution is 5.18. The fourth-order valence-corrected chi connectivity index (χ4v) is 2.33. The second kappa shape index (κ2) is 5.56. The highest BCUT2D eigenvalue weighted by Crippen LogP contribution is 2.19. The van der Waals surface area contributed by atoms with Gasteiger partial charge in [-0.15, -0.1) is 0 Å². The maximum Gasteiger partial charge on any atom is 0.130 e. The summed E-state index contributed by atoms with van der Waals surface area (Å²) in [6.45, 7) is 2.37. The molecule has 2 nitrogen and oxygen atoms in total. The fourth-order valence-electron chi connectivity index (χ4n) is 2.33. The zero-order valence-electron chi connectivity index (χ0n) is 9.70. The van der Waals surface area contributed by atoms with Crippen LogP contribution in [0.4, 0.5) is 8.78 Å². The first-order valence-electron chi connectivity index (χ1n) is 5.96. The third-order valence-electron chi connectivity index (χ3n) is 3.27. The number of likely N-dealkylation sites (tertiary alicyclic amines) is 1. The molecule has 0 aliphatic carbocycles. The minimum Gasteiger partial charge on any atom is -0.396 e. The van der Waals surface area contributed by atoms with Crippen LogP contribution in [0.15, 0.2) is 18.2 Å². The average molecular weight is 241 g/mol. The van der Waals surface area contributed by atoms with E-state index in [4.69, 9.17) is 5.11 Å². The number of aliphatic hydroxyl groups excluding tert-OH is 1. The smallest absolute Gasteiger partial charge is 0.130 e. The molecule has 17 heavy (non-hydrogen) atoms. The number of rotatable bonds is 3. The predicted octanol–water partition coefficient (Wildman–Crippen LogP) is 2.17. The summed E-state index contributed by atoms with van der Waals surface area (Å²) >= 11 is 0. The van der Waals surface area contributed by atoms with Crippen molar-refractivity contribution in [3.05, 3.63) is 35.4 Å². The Morgan fingerprint density at radius 2 is 2.18 bits per heavy atom. The predicted molar refractivity (Wildman–Crippen MR) is 61.4 cm³/mol. The molecule has 0 aromatic heterocycles. The monoisotopic (exact) mass is 241 g/mol. The van der Waals surface area contributed by atoms with Crippen molar-refractivity contribution in [2.24, 2.45) is 5.92 Å². The molecule has 4 heteroatoms. The summed E-state index contributed by atoms with van der Waals surface area (Å²) in [6, 6.07) is 3.70. The first-order valence-corrected chi connectivity index (χ1v) is 5.96. The number of piperidine rings is 1. The fraction of sp³-hybridized carbons (Fsp3) is 0.538. The molecule has 1 aliphatic heterocycles. The number of nitrogens with zero attached hydrogens (tertiary/aromatic N) is 1. The van der Waals surface area contributed by atoms with Crippen LogP contribution in [-0.2, 0) is 6.54 Å². The Labute approximate surface area is 99.9 Å². The molecule has 1 saturated heterocycles. The lowest BCUT2D eigenvalue weighted by Gasteiger charge is -2.31. The topological polar surface area (TPSA) is 23.5 Å². The summed E-state index contributed by atoms with van der Waals surface area (Å²) in [4.78, 5) is 2.11. The summed E-state index contributed by atoms with van der Waals surface area (Å²) in [5.74, 6) is -0.749. The van der Waals surface area contributed by atoms with Crippen LogP contribution in [0.25, 0.3) is 0 Å². The van der Waals surface area contributed by atoms with E-state index in [1.54, 1.807) is 0 Å². The Balaban J connectivity index is 2.00. The van der Waals surface area contributed by atoms with Gasteiger partial charge in [0.05, 0.1) is 0 Å². The molecule has 1 heterocycles. The van der Waals surface area contributed by atoms with Crippen molar-refractivity contribution in [2.45, 2.75) is 19.4 Å². The van der Waals surface area contributed by atoms with Gasteiger partial charge >= 0.3 is 0 Å². The van der Waals surface area contributed by atoms with Crippen LogP contribution in [-0.4, -0.2) is 29.7 Å². The molecule has 1 unspecified atom stereocenters. The van der Waals surface area contributed by atoms with Gasteiger partial charge in [-0.3, -0.25) is 4.90 Å². The van der Waals surface area contributed by atoms with Crippen molar-refractivity contribution >= 4 is 0 Å². The number of halogens is 2. The molecule has 1 atom stereocenters. The third kappa shape index (κ3) is 3.23. The molecule has 1 fully saturated rings. The van der Waals surface area contributed by atoms with Crippen molar-refractivity contribution in [1.29, 1.82) is 0 Å². The van der Waals surface area contributed by atoms with E-state index in [2.05, 4.69) is 4.90 Å². The van der Waals surface area contributed by atoms with Gasteiger partial charge in [0.15, 0.2) is 0 Å². The van der Waals surface area contributed by atoms with Crippen LogP contribution in [0.3, 0.4) is 0 Å². The molecule has 0 amide bonds. The number of hydrogen-bond donors (Lipinski definition) is 1. The van der Waals surface area contributed by atoms with E-state index >= 15 is 0 Å². The van der Waals surface area contributed by atoms with Gasteiger partial charge in [0.1, 0.15) is 11.6 Å². The minimum absolute atomic E-state index is 0.183. The van der Waals surface area contributed by atoms with Gasteiger partial charge in [0, 0.05) is 31.3 Å². The normalized spacial score (nSPS) is 21.7. The molecular formula is C13H17F2NO. The summed E-state index contributed by atoms with van der Waals surface area (Å²) < 4.78 is 26.2. The zero-order chi connectivity index (χ0) is 12.3. The molecular weight excluding hydrogens is 224 g/mol. The van der Waals surface area contributed by atoms with Gasteiger partial charge in [-0.25, -0.2) is 8.78 Å². The Morgan fingerprint density at radius 1 is 1.35 bits per heavy atom. The largest absolute Gasteiger partial charge is 0.396 e. The molecule has 94 valence electrons. The van der Waals surface area contributed by atoms with E-state index in [9.17, 15) is 8.78 Å². The Kier molecular flexibility index (Phi) is 4.07. The summed E-state index contributed by atoms with van der Waals surface area (Å²) in [5, 5.41) is 9.12. The molecule has 0 spiro atoms. The van der Waals surface area contributed by atoms with Crippen LogP contribution >= 0.6 is 0 Å². The van der Waals surface area contributed by atoms with E-state index in [1.165, 1.54) is 12.1 Å². The van der Waals surface area contributed by atoms with Crippen molar-refractivity contribution in [3.8, 4) is 0 Å². The number of aliphatic hydroxyl groups is 1. The quantitative estimate of drug-likeness (QED) is 0.876. The molecule has 1 aromatic carbocycles. The van der Waals surface area contributed by atoms with Gasteiger partial charge in [0.2, 0.25) is 0 Å². The lowest BCUT2D eigenvalue weighted by Crippen LogP contribution is -2.36. The maximum absolute atomic E-state index is 13.5. The van der Waals surface area contributed by atoms with Gasteiger partial charge in [0.25, 0.3) is 0 Å². The van der Waals surface area contributed by atoms with Crippen molar-refractivity contribution in [3.63, 3.8) is 0 Å². The highest BCUT2D eigenvalue weighted by atomic mass is 19.1. The molecule has 1 aromatic rings.